The molecule has 2 atom stereocenters. The zero-order valence-corrected chi connectivity index (χ0v) is 9.74. The first-order valence-electron chi connectivity index (χ1n) is 6.03. The number of aromatic nitrogens is 2. The summed E-state index contributed by atoms with van der Waals surface area (Å²) in [4.78, 5) is 4.44. The lowest BCUT2D eigenvalue weighted by Gasteiger charge is -2.27. The van der Waals surface area contributed by atoms with Crippen molar-refractivity contribution in [2.75, 3.05) is 6.54 Å². The van der Waals surface area contributed by atoms with E-state index in [4.69, 9.17) is 0 Å². The Balaban J connectivity index is 1.91. The van der Waals surface area contributed by atoms with E-state index in [-0.39, 0.29) is 0 Å². The molecule has 0 saturated carbocycles. The van der Waals surface area contributed by atoms with Crippen molar-refractivity contribution < 1.29 is 0 Å². The molecular weight excluding hydrogens is 186 g/mol. The maximum absolute atomic E-state index is 4.44. The van der Waals surface area contributed by atoms with Crippen LogP contribution >= 0.6 is 0 Å². The molecule has 2 unspecified atom stereocenters. The van der Waals surface area contributed by atoms with E-state index in [2.05, 4.69) is 34.9 Å². The van der Waals surface area contributed by atoms with Crippen LogP contribution in [-0.2, 0) is 13.0 Å². The van der Waals surface area contributed by atoms with Crippen LogP contribution in [0.15, 0.2) is 12.4 Å². The average molecular weight is 207 g/mol. The summed E-state index contributed by atoms with van der Waals surface area (Å²) in [6.45, 7) is 6.62. The van der Waals surface area contributed by atoms with Gasteiger partial charge < -0.3 is 9.88 Å². The molecule has 0 bridgehead atoms. The Morgan fingerprint density at radius 1 is 1.53 bits per heavy atom. The van der Waals surface area contributed by atoms with Crippen LogP contribution in [0.1, 0.15) is 32.5 Å². The number of nitrogens with one attached hydrogen (secondary N) is 1. The van der Waals surface area contributed by atoms with E-state index in [9.17, 15) is 0 Å². The van der Waals surface area contributed by atoms with Gasteiger partial charge in [0.1, 0.15) is 5.82 Å². The fourth-order valence-corrected chi connectivity index (χ4v) is 2.31. The van der Waals surface area contributed by atoms with Crippen LogP contribution in [-0.4, -0.2) is 22.1 Å². The van der Waals surface area contributed by atoms with E-state index < -0.39 is 0 Å². The standard InChI is InChI=1S/C12H21N3/c1-3-15-7-6-13-12(15)8-11-5-4-10(2)14-9-11/h6-7,10-11,14H,3-5,8-9H2,1-2H3. The van der Waals surface area contributed by atoms with Gasteiger partial charge in [-0.1, -0.05) is 0 Å². The molecule has 15 heavy (non-hydrogen) atoms. The summed E-state index contributed by atoms with van der Waals surface area (Å²) in [6, 6.07) is 0.701. The summed E-state index contributed by atoms with van der Waals surface area (Å²) in [6.07, 6.45) is 7.76. The first-order valence-corrected chi connectivity index (χ1v) is 6.03. The average Bonchev–Trinajstić information content (AvgIpc) is 2.69. The quantitative estimate of drug-likeness (QED) is 0.819. The molecule has 0 radical (unpaired) electrons. The number of hydrogen-bond donors (Lipinski definition) is 1. The second-order valence-electron chi connectivity index (χ2n) is 4.59. The van der Waals surface area contributed by atoms with E-state index in [1.165, 1.54) is 18.7 Å². The Morgan fingerprint density at radius 2 is 2.40 bits per heavy atom. The van der Waals surface area contributed by atoms with Gasteiger partial charge >= 0.3 is 0 Å². The van der Waals surface area contributed by atoms with Gasteiger partial charge in [-0.2, -0.15) is 0 Å². The molecule has 0 aliphatic carbocycles. The first kappa shape index (κ1) is 10.7. The van der Waals surface area contributed by atoms with E-state index in [1.807, 2.05) is 6.20 Å². The molecule has 2 heterocycles. The van der Waals surface area contributed by atoms with E-state index in [0.717, 1.165) is 25.4 Å². The van der Waals surface area contributed by atoms with Crippen molar-refractivity contribution in [1.29, 1.82) is 0 Å². The predicted molar refractivity (Wildman–Crippen MR) is 61.8 cm³/mol. The van der Waals surface area contributed by atoms with Gasteiger partial charge in [-0.15, -0.1) is 0 Å². The molecule has 1 aliphatic rings. The normalized spacial score (nSPS) is 26.8. The van der Waals surface area contributed by atoms with Crippen molar-refractivity contribution in [2.45, 2.75) is 45.7 Å². The van der Waals surface area contributed by atoms with E-state index >= 15 is 0 Å². The zero-order valence-electron chi connectivity index (χ0n) is 9.74. The van der Waals surface area contributed by atoms with Crippen LogP contribution in [0.3, 0.4) is 0 Å². The zero-order chi connectivity index (χ0) is 10.7. The van der Waals surface area contributed by atoms with Crippen molar-refractivity contribution in [3.8, 4) is 0 Å². The highest BCUT2D eigenvalue weighted by molar-refractivity contribution is 4.95. The lowest BCUT2D eigenvalue weighted by Crippen LogP contribution is -2.37. The molecule has 0 aromatic carbocycles. The van der Waals surface area contributed by atoms with E-state index in [0.29, 0.717) is 6.04 Å². The predicted octanol–water partition coefficient (Wildman–Crippen LogP) is 1.83. The minimum atomic E-state index is 0.701. The second-order valence-corrected chi connectivity index (χ2v) is 4.59. The third kappa shape index (κ3) is 2.59. The van der Waals surface area contributed by atoms with E-state index in [1.54, 1.807) is 0 Å². The Kier molecular flexibility index (Phi) is 3.41. The summed E-state index contributed by atoms with van der Waals surface area (Å²) in [5, 5.41) is 3.54. The molecule has 3 heteroatoms. The van der Waals surface area contributed by atoms with Crippen molar-refractivity contribution in [3.05, 3.63) is 18.2 Å². The number of imidazole rings is 1. The summed E-state index contributed by atoms with van der Waals surface area (Å²) in [5.41, 5.74) is 0. The van der Waals surface area contributed by atoms with Crippen LogP contribution in [0.2, 0.25) is 0 Å². The van der Waals surface area contributed by atoms with Crippen LogP contribution in [0.4, 0.5) is 0 Å². The van der Waals surface area contributed by atoms with Gasteiger partial charge in [-0.05, 0) is 39.2 Å². The van der Waals surface area contributed by atoms with Crippen molar-refractivity contribution in [3.63, 3.8) is 0 Å². The minimum absolute atomic E-state index is 0.701. The van der Waals surface area contributed by atoms with Crippen LogP contribution < -0.4 is 5.32 Å². The summed E-state index contributed by atoms with van der Waals surface area (Å²) in [5.74, 6) is 2.02. The highest BCUT2D eigenvalue weighted by Crippen LogP contribution is 2.18. The van der Waals surface area contributed by atoms with Gasteiger partial charge in [0.05, 0.1) is 0 Å². The van der Waals surface area contributed by atoms with Gasteiger partial charge in [0.2, 0.25) is 0 Å². The summed E-state index contributed by atoms with van der Waals surface area (Å²) < 4.78 is 2.25. The first-order chi connectivity index (χ1) is 7.29. The molecule has 1 aromatic heterocycles. The molecule has 2 rings (SSSR count). The molecule has 0 amide bonds. The number of rotatable bonds is 3. The smallest absolute Gasteiger partial charge is 0.108 e. The minimum Gasteiger partial charge on any atom is -0.335 e. The van der Waals surface area contributed by atoms with Gasteiger partial charge in [0, 0.05) is 31.4 Å². The second kappa shape index (κ2) is 4.79. The summed E-state index contributed by atoms with van der Waals surface area (Å²) in [7, 11) is 0. The highest BCUT2D eigenvalue weighted by Gasteiger charge is 2.19. The van der Waals surface area contributed by atoms with Crippen molar-refractivity contribution in [1.82, 2.24) is 14.9 Å². The number of hydrogen-bond acceptors (Lipinski definition) is 2. The molecule has 1 N–H and O–H groups in total. The molecule has 1 aliphatic heterocycles. The molecule has 84 valence electrons. The monoisotopic (exact) mass is 207 g/mol. The lowest BCUT2D eigenvalue weighted by molar-refractivity contribution is 0.316. The third-order valence-electron chi connectivity index (χ3n) is 3.38. The Hall–Kier alpha value is -0.830. The molecule has 1 saturated heterocycles. The largest absolute Gasteiger partial charge is 0.335 e. The number of nitrogens with zero attached hydrogens (tertiary/aromatic N) is 2. The highest BCUT2D eigenvalue weighted by atomic mass is 15.1. The maximum Gasteiger partial charge on any atom is 0.108 e. The number of aryl methyl sites for hydroxylation is 1. The molecule has 1 fully saturated rings. The van der Waals surface area contributed by atoms with Gasteiger partial charge in [0.25, 0.3) is 0 Å². The lowest BCUT2D eigenvalue weighted by atomic mass is 9.92. The maximum atomic E-state index is 4.44. The summed E-state index contributed by atoms with van der Waals surface area (Å²) >= 11 is 0. The topological polar surface area (TPSA) is 29.9 Å². The molecular formula is C12H21N3. The Bertz CT molecular complexity index is 298. The van der Waals surface area contributed by atoms with Gasteiger partial charge in [0.15, 0.2) is 0 Å². The molecule has 0 spiro atoms. The van der Waals surface area contributed by atoms with Gasteiger partial charge in [-0.25, -0.2) is 4.98 Å². The van der Waals surface area contributed by atoms with Crippen molar-refractivity contribution in [2.24, 2.45) is 5.92 Å². The van der Waals surface area contributed by atoms with Gasteiger partial charge in [-0.3, -0.25) is 0 Å². The van der Waals surface area contributed by atoms with Crippen molar-refractivity contribution >= 4 is 0 Å². The fraction of sp³-hybridized carbons (Fsp3) is 0.750. The van der Waals surface area contributed by atoms with Crippen LogP contribution in [0.5, 0.6) is 0 Å². The molecule has 1 aromatic rings. The Morgan fingerprint density at radius 3 is 3.07 bits per heavy atom. The Labute approximate surface area is 91.9 Å². The number of piperidine rings is 1. The fourth-order valence-electron chi connectivity index (χ4n) is 2.31. The third-order valence-corrected chi connectivity index (χ3v) is 3.38. The SMILES string of the molecule is CCn1ccnc1CC1CCC(C)NC1. The molecule has 3 nitrogen and oxygen atoms in total. The van der Waals surface area contributed by atoms with Crippen LogP contribution in [0.25, 0.3) is 0 Å². The van der Waals surface area contributed by atoms with Crippen LogP contribution in [0, 0.1) is 5.92 Å².